The van der Waals surface area contributed by atoms with Crippen molar-refractivity contribution in [3.05, 3.63) is 82.3 Å². The van der Waals surface area contributed by atoms with E-state index in [9.17, 15) is 4.79 Å². The van der Waals surface area contributed by atoms with Crippen LogP contribution < -0.4 is 5.56 Å². The molecule has 33 heavy (non-hydrogen) atoms. The molecule has 1 atom stereocenters. The molecule has 5 rings (SSSR count). The molecule has 0 radical (unpaired) electrons. The predicted molar refractivity (Wildman–Crippen MR) is 136 cm³/mol. The lowest BCUT2D eigenvalue weighted by atomic mass is 10.1. The number of thiophene rings is 2. The summed E-state index contributed by atoms with van der Waals surface area (Å²) in [4.78, 5) is 21.1. The molecule has 0 saturated heterocycles. The SMILES string of the molecule is C=CCn1c(SC(C)c2nnc(-c3cccs3)o2)nc2sc(-c3ccccc3)c(C)c2c1=O. The van der Waals surface area contributed by atoms with Crippen molar-refractivity contribution in [2.75, 3.05) is 0 Å². The van der Waals surface area contributed by atoms with Gasteiger partial charge in [-0.1, -0.05) is 54.2 Å². The Morgan fingerprint density at radius 1 is 1.21 bits per heavy atom. The molecule has 0 amide bonds. The first-order valence-electron chi connectivity index (χ1n) is 10.3. The lowest BCUT2D eigenvalue weighted by Gasteiger charge is -2.12. The van der Waals surface area contributed by atoms with Gasteiger partial charge in [-0.15, -0.1) is 39.4 Å². The van der Waals surface area contributed by atoms with E-state index in [-0.39, 0.29) is 10.8 Å². The monoisotopic (exact) mass is 492 g/mol. The topological polar surface area (TPSA) is 73.8 Å². The van der Waals surface area contributed by atoms with Crippen LogP contribution in [-0.4, -0.2) is 19.7 Å². The number of benzene rings is 1. The van der Waals surface area contributed by atoms with Gasteiger partial charge in [-0.05, 0) is 36.4 Å². The number of aromatic nitrogens is 4. The van der Waals surface area contributed by atoms with Crippen LogP contribution in [0.4, 0.5) is 0 Å². The van der Waals surface area contributed by atoms with Crippen molar-refractivity contribution in [3.63, 3.8) is 0 Å². The summed E-state index contributed by atoms with van der Waals surface area (Å²) in [6.45, 7) is 8.16. The molecule has 0 aliphatic rings. The van der Waals surface area contributed by atoms with Crippen LogP contribution >= 0.6 is 34.4 Å². The van der Waals surface area contributed by atoms with E-state index in [1.165, 1.54) is 11.8 Å². The summed E-state index contributed by atoms with van der Waals surface area (Å²) < 4.78 is 7.56. The highest BCUT2D eigenvalue weighted by Crippen LogP contribution is 2.39. The highest BCUT2D eigenvalue weighted by molar-refractivity contribution is 7.99. The van der Waals surface area contributed by atoms with Crippen molar-refractivity contribution in [3.8, 4) is 21.2 Å². The zero-order chi connectivity index (χ0) is 22.9. The number of hydrogen-bond acceptors (Lipinski definition) is 8. The number of thioether (sulfide) groups is 1. The summed E-state index contributed by atoms with van der Waals surface area (Å²) in [6, 6.07) is 14.0. The number of nitrogens with zero attached hydrogens (tertiary/aromatic N) is 4. The Morgan fingerprint density at radius 3 is 2.76 bits per heavy atom. The third-order valence-electron chi connectivity index (χ3n) is 5.17. The minimum Gasteiger partial charge on any atom is -0.419 e. The standard InChI is InChI=1S/C24H20N4O2S3/c1-4-12-28-23(29)18-14(2)19(16-9-6-5-7-10-16)33-22(18)25-24(28)32-15(3)20-26-27-21(30-20)17-11-8-13-31-17/h4-11,13,15H,1,12H2,2-3H3. The van der Waals surface area contributed by atoms with Crippen LogP contribution in [0.3, 0.4) is 0 Å². The summed E-state index contributed by atoms with van der Waals surface area (Å²) in [6.07, 6.45) is 1.71. The van der Waals surface area contributed by atoms with Gasteiger partial charge in [0.1, 0.15) is 4.83 Å². The third-order valence-corrected chi connectivity index (χ3v) is 8.34. The van der Waals surface area contributed by atoms with Gasteiger partial charge in [-0.3, -0.25) is 9.36 Å². The Bertz CT molecular complexity index is 1480. The van der Waals surface area contributed by atoms with Gasteiger partial charge < -0.3 is 4.42 Å². The Hall–Kier alpha value is -3.01. The van der Waals surface area contributed by atoms with E-state index in [0.717, 1.165) is 25.7 Å². The molecule has 166 valence electrons. The smallest absolute Gasteiger partial charge is 0.263 e. The first-order valence-corrected chi connectivity index (χ1v) is 12.9. The van der Waals surface area contributed by atoms with Gasteiger partial charge in [-0.25, -0.2) is 4.98 Å². The highest BCUT2D eigenvalue weighted by atomic mass is 32.2. The quantitative estimate of drug-likeness (QED) is 0.145. The molecule has 6 nitrogen and oxygen atoms in total. The predicted octanol–water partition coefficient (Wildman–Crippen LogP) is 6.58. The van der Waals surface area contributed by atoms with Crippen molar-refractivity contribution in [2.24, 2.45) is 0 Å². The Labute approximate surface area is 202 Å². The molecule has 0 bridgehead atoms. The van der Waals surface area contributed by atoms with Gasteiger partial charge in [0.2, 0.25) is 5.89 Å². The number of rotatable bonds is 7. The van der Waals surface area contributed by atoms with E-state index >= 15 is 0 Å². The minimum absolute atomic E-state index is 0.0599. The van der Waals surface area contributed by atoms with Crippen molar-refractivity contribution >= 4 is 44.7 Å². The number of fused-ring (bicyclic) bond motifs is 1. The fourth-order valence-corrected chi connectivity index (χ4v) is 6.37. The Balaban J connectivity index is 1.55. The maximum Gasteiger partial charge on any atom is 0.263 e. The maximum atomic E-state index is 13.5. The van der Waals surface area contributed by atoms with Gasteiger partial charge in [0, 0.05) is 11.4 Å². The van der Waals surface area contributed by atoms with Crippen molar-refractivity contribution in [1.82, 2.24) is 19.7 Å². The van der Waals surface area contributed by atoms with Gasteiger partial charge in [-0.2, -0.15) is 0 Å². The number of aryl methyl sites for hydroxylation is 1. The van der Waals surface area contributed by atoms with Crippen LogP contribution in [0.5, 0.6) is 0 Å². The second-order valence-corrected chi connectivity index (χ2v) is 10.6. The molecule has 1 aromatic carbocycles. The zero-order valence-electron chi connectivity index (χ0n) is 18.0. The third kappa shape index (κ3) is 4.07. The second kappa shape index (κ2) is 9.09. The first-order chi connectivity index (χ1) is 16.1. The van der Waals surface area contributed by atoms with Crippen molar-refractivity contribution in [2.45, 2.75) is 30.8 Å². The Morgan fingerprint density at radius 2 is 2.03 bits per heavy atom. The summed E-state index contributed by atoms with van der Waals surface area (Å²) in [5.41, 5.74) is 1.98. The second-order valence-electron chi connectivity index (χ2n) is 7.38. The van der Waals surface area contributed by atoms with Gasteiger partial charge in [0.15, 0.2) is 5.16 Å². The summed E-state index contributed by atoms with van der Waals surface area (Å²) in [5.74, 6) is 0.996. The Kier molecular flexibility index (Phi) is 6.01. The molecular weight excluding hydrogens is 472 g/mol. The molecular formula is C24H20N4O2S3. The molecule has 0 saturated carbocycles. The van der Waals surface area contributed by atoms with Crippen LogP contribution in [0.1, 0.15) is 23.6 Å². The lowest BCUT2D eigenvalue weighted by molar-refractivity contribution is 0.509. The molecule has 0 aliphatic heterocycles. The van der Waals surface area contributed by atoms with E-state index in [4.69, 9.17) is 9.40 Å². The average Bonchev–Trinajstić information content (AvgIpc) is 3.57. The van der Waals surface area contributed by atoms with Crippen LogP contribution in [0.25, 0.3) is 31.4 Å². The van der Waals surface area contributed by atoms with E-state index in [1.807, 2.05) is 49.6 Å². The fraction of sp³-hybridized carbons (Fsp3) is 0.167. The van der Waals surface area contributed by atoms with Crippen LogP contribution in [-0.2, 0) is 6.54 Å². The summed E-state index contributed by atoms with van der Waals surface area (Å²) in [5, 5.41) is 11.5. The van der Waals surface area contributed by atoms with Crippen LogP contribution in [0, 0.1) is 6.92 Å². The molecule has 5 aromatic rings. The number of allylic oxidation sites excluding steroid dienone is 1. The molecule has 9 heteroatoms. The zero-order valence-corrected chi connectivity index (χ0v) is 20.5. The molecule has 4 aromatic heterocycles. The molecule has 0 spiro atoms. The molecule has 4 heterocycles. The molecule has 0 N–H and O–H groups in total. The maximum absolute atomic E-state index is 13.5. The van der Waals surface area contributed by atoms with Crippen LogP contribution in [0.15, 0.2) is 74.9 Å². The summed E-state index contributed by atoms with van der Waals surface area (Å²) >= 11 is 4.52. The van der Waals surface area contributed by atoms with E-state index in [1.54, 1.807) is 33.3 Å². The number of hydrogen-bond donors (Lipinski definition) is 0. The average molecular weight is 493 g/mol. The van der Waals surface area contributed by atoms with Gasteiger partial charge in [0.25, 0.3) is 11.4 Å². The largest absolute Gasteiger partial charge is 0.419 e. The summed E-state index contributed by atoms with van der Waals surface area (Å²) in [7, 11) is 0. The molecule has 0 fully saturated rings. The van der Waals surface area contributed by atoms with Crippen molar-refractivity contribution in [1.29, 1.82) is 0 Å². The van der Waals surface area contributed by atoms with Gasteiger partial charge >= 0.3 is 0 Å². The molecule has 0 aliphatic carbocycles. The van der Waals surface area contributed by atoms with Crippen LogP contribution in [0.2, 0.25) is 0 Å². The van der Waals surface area contributed by atoms with E-state index in [0.29, 0.717) is 28.9 Å². The van der Waals surface area contributed by atoms with E-state index < -0.39 is 0 Å². The fourth-order valence-electron chi connectivity index (χ4n) is 3.55. The normalized spacial score (nSPS) is 12.3. The lowest BCUT2D eigenvalue weighted by Crippen LogP contribution is -2.22. The van der Waals surface area contributed by atoms with E-state index in [2.05, 4.69) is 28.9 Å². The van der Waals surface area contributed by atoms with Crippen molar-refractivity contribution < 1.29 is 4.42 Å². The van der Waals surface area contributed by atoms with Gasteiger partial charge in [0.05, 0.1) is 15.5 Å². The molecule has 1 unspecified atom stereocenters. The minimum atomic E-state index is -0.179. The first kappa shape index (κ1) is 21.8. The highest BCUT2D eigenvalue weighted by Gasteiger charge is 2.23.